The summed E-state index contributed by atoms with van der Waals surface area (Å²) in [6.45, 7) is 4.18. The quantitative estimate of drug-likeness (QED) is 0.0512. The van der Waals surface area contributed by atoms with E-state index in [1.54, 1.807) is 54.9 Å². The Morgan fingerprint density at radius 2 is 1.83 bits per heavy atom. The third kappa shape index (κ3) is 8.53. The van der Waals surface area contributed by atoms with Crippen LogP contribution in [0.1, 0.15) is 76.6 Å². The zero-order chi connectivity index (χ0) is 45.2. The maximum atomic E-state index is 15.6. The van der Waals surface area contributed by atoms with Crippen LogP contribution in [-0.2, 0) is 29.6 Å². The van der Waals surface area contributed by atoms with E-state index in [1.165, 1.54) is 30.5 Å². The maximum absolute atomic E-state index is 15.6. The Kier molecular flexibility index (Phi) is 12.3. The molecular formula is C47H46FN7O9. The van der Waals surface area contributed by atoms with Crippen molar-refractivity contribution in [3.05, 3.63) is 117 Å². The summed E-state index contributed by atoms with van der Waals surface area (Å²) in [6, 6.07) is 17.4. The molecule has 17 heteroatoms. The number of nitrogens with zero attached hydrogens (tertiary/aromatic N) is 4. The lowest BCUT2D eigenvalue weighted by molar-refractivity contribution is -0.136. The fourth-order valence-corrected chi connectivity index (χ4v) is 8.15. The number of anilines is 2. The third-order valence-corrected chi connectivity index (χ3v) is 11.7. The molecule has 64 heavy (non-hydrogen) atoms. The molecule has 2 aliphatic heterocycles. The molecule has 2 aromatic heterocycles. The number of rotatable bonds is 15. The molecule has 0 spiro atoms. The average molecular weight is 872 g/mol. The van der Waals surface area contributed by atoms with Gasteiger partial charge in [-0.15, -0.1) is 0 Å². The molecule has 1 fully saturated rings. The summed E-state index contributed by atoms with van der Waals surface area (Å²) in [4.78, 5) is 74.5. The number of hydrogen-bond acceptors (Lipinski definition) is 12. The van der Waals surface area contributed by atoms with Crippen molar-refractivity contribution in [2.45, 2.75) is 71.2 Å². The molecule has 330 valence electrons. The minimum atomic E-state index is -0.974. The Labute approximate surface area is 366 Å². The van der Waals surface area contributed by atoms with Gasteiger partial charge in [0, 0.05) is 54.6 Å². The van der Waals surface area contributed by atoms with Crippen molar-refractivity contribution in [3.8, 4) is 23.1 Å². The molecular weight excluding hydrogens is 826 g/mol. The van der Waals surface area contributed by atoms with Gasteiger partial charge in [-0.2, -0.15) is 0 Å². The number of methoxy groups -OCH3 is 1. The highest BCUT2D eigenvalue weighted by Crippen LogP contribution is 2.37. The Hall–Kier alpha value is -7.40. The largest absolute Gasteiger partial charge is 0.493 e. The molecule has 4 aromatic carbocycles. The number of fused-ring (bicyclic) bond motifs is 3. The lowest BCUT2D eigenvalue weighted by Gasteiger charge is -2.29. The molecule has 8 rings (SSSR count). The molecule has 2 unspecified atom stereocenters. The highest BCUT2D eigenvalue weighted by atomic mass is 19.1. The van der Waals surface area contributed by atoms with E-state index in [-0.39, 0.29) is 60.7 Å². The standard InChI is InChI=1S/C47H46FN7O9/c1-5-26-12-14-34-30(19-26)43(58)41(25(2)54(34)3)45(60)51-28-13-16-36(31(48)20-28)64-46-29-21-37(62-4)38(22-33(29)49-24-50-46)63-18-7-6-11-39(56)52-32-10-8-9-27-23-55(47(61)42(27)32)35-15-17-40(57)53-44(35)59/h8-10,12-14,16,19-22,24,35,39,52,56H,5-7,11,15,17-18,23H2,1-4H3,(H,51,60)(H,53,57,59). The third-order valence-electron chi connectivity index (χ3n) is 11.7. The van der Waals surface area contributed by atoms with Gasteiger partial charge in [0.15, 0.2) is 23.1 Å². The first-order valence-corrected chi connectivity index (χ1v) is 20.9. The van der Waals surface area contributed by atoms with Crippen LogP contribution in [0.25, 0.3) is 21.8 Å². The number of amides is 4. The van der Waals surface area contributed by atoms with Gasteiger partial charge in [0.2, 0.25) is 23.1 Å². The fraction of sp³-hybridized carbons (Fsp3) is 0.298. The van der Waals surface area contributed by atoms with E-state index in [1.807, 2.05) is 19.1 Å². The number of nitrogens with one attached hydrogen (secondary N) is 3. The Morgan fingerprint density at radius 1 is 1.00 bits per heavy atom. The van der Waals surface area contributed by atoms with Crippen LogP contribution in [0.15, 0.2) is 77.9 Å². The summed E-state index contributed by atoms with van der Waals surface area (Å²) >= 11 is 0. The first-order chi connectivity index (χ1) is 30.8. The number of benzene rings is 4. The summed E-state index contributed by atoms with van der Waals surface area (Å²) in [5, 5.41) is 19.7. The highest BCUT2D eigenvalue weighted by molar-refractivity contribution is 6.08. The normalized spacial score (nSPS) is 15.2. The molecule has 0 bridgehead atoms. The molecule has 4 amide bonds. The Morgan fingerprint density at radius 3 is 2.59 bits per heavy atom. The van der Waals surface area contributed by atoms with Crippen LogP contribution in [0, 0.1) is 12.7 Å². The topological polar surface area (TPSA) is 203 Å². The highest BCUT2D eigenvalue weighted by Gasteiger charge is 2.40. The van der Waals surface area contributed by atoms with Crippen molar-refractivity contribution in [1.29, 1.82) is 0 Å². The summed E-state index contributed by atoms with van der Waals surface area (Å²) < 4.78 is 34.9. The van der Waals surface area contributed by atoms with E-state index in [2.05, 4.69) is 25.9 Å². The number of aliphatic hydroxyl groups is 1. The van der Waals surface area contributed by atoms with E-state index < -0.39 is 35.3 Å². The number of pyridine rings is 1. The van der Waals surface area contributed by atoms with Gasteiger partial charge in [0.1, 0.15) is 24.2 Å². The number of halogens is 1. The van der Waals surface area contributed by atoms with Gasteiger partial charge in [-0.25, -0.2) is 14.4 Å². The van der Waals surface area contributed by atoms with Gasteiger partial charge < -0.3 is 39.4 Å². The minimum absolute atomic E-state index is 0.0325. The van der Waals surface area contributed by atoms with Crippen molar-refractivity contribution < 1.29 is 42.9 Å². The van der Waals surface area contributed by atoms with Crippen molar-refractivity contribution in [2.24, 2.45) is 7.05 Å². The number of carbonyl (C=O) groups excluding carboxylic acids is 4. The monoisotopic (exact) mass is 871 g/mol. The number of piperidine rings is 1. The van der Waals surface area contributed by atoms with Crippen LogP contribution in [0.3, 0.4) is 0 Å². The maximum Gasteiger partial charge on any atom is 0.261 e. The van der Waals surface area contributed by atoms with Crippen LogP contribution in [0.4, 0.5) is 15.8 Å². The number of ether oxygens (including phenoxy) is 3. The summed E-state index contributed by atoms with van der Waals surface area (Å²) in [6.07, 6.45) is 2.90. The molecule has 0 aliphatic carbocycles. The predicted octanol–water partition coefficient (Wildman–Crippen LogP) is 6.29. The molecule has 16 nitrogen and oxygen atoms in total. The van der Waals surface area contributed by atoms with E-state index >= 15 is 4.39 Å². The first kappa shape index (κ1) is 43.3. The SMILES string of the molecule is CCc1ccc2c(c1)c(=O)c(C(=O)Nc1ccc(Oc3ncnc4cc(OCCCCC(O)Nc5cccc6c5C(=O)N(C5CCC(=O)NC5=O)C6)c(OC)cc34)c(F)c1)c(C)n2C. The van der Waals surface area contributed by atoms with E-state index in [0.717, 1.165) is 23.6 Å². The zero-order valence-electron chi connectivity index (χ0n) is 35.6. The zero-order valence-corrected chi connectivity index (χ0v) is 35.6. The van der Waals surface area contributed by atoms with E-state index in [4.69, 9.17) is 14.2 Å². The molecule has 0 radical (unpaired) electrons. The van der Waals surface area contributed by atoms with Crippen LogP contribution in [0.5, 0.6) is 23.1 Å². The second-order valence-electron chi connectivity index (χ2n) is 15.7. The molecule has 2 aliphatic rings. The molecule has 4 heterocycles. The van der Waals surface area contributed by atoms with Gasteiger partial charge in [0.25, 0.3) is 11.8 Å². The predicted molar refractivity (Wildman–Crippen MR) is 235 cm³/mol. The van der Waals surface area contributed by atoms with Crippen LogP contribution in [-0.4, -0.2) is 74.2 Å². The second kappa shape index (κ2) is 18.1. The second-order valence-corrected chi connectivity index (χ2v) is 15.7. The lowest BCUT2D eigenvalue weighted by Crippen LogP contribution is -2.52. The number of imide groups is 1. The van der Waals surface area contributed by atoms with E-state index in [9.17, 15) is 29.1 Å². The molecule has 2 atom stereocenters. The van der Waals surface area contributed by atoms with Gasteiger partial charge in [0.05, 0.1) is 35.7 Å². The number of aryl methyl sites for hydroxylation is 2. The number of unbranched alkanes of at least 4 members (excludes halogenated alkanes) is 1. The Balaban J connectivity index is 0.872. The summed E-state index contributed by atoms with van der Waals surface area (Å²) in [7, 11) is 3.26. The van der Waals surface area contributed by atoms with Crippen LogP contribution >= 0.6 is 0 Å². The number of carbonyl (C=O) groups is 4. The molecule has 1 saturated heterocycles. The summed E-state index contributed by atoms with van der Waals surface area (Å²) in [5.74, 6) is -2.01. The van der Waals surface area contributed by atoms with Gasteiger partial charge >= 0.3 is 0 Å². The van der Waals surface area contributed by atoms with Crippen LogP contribution < -0.4 is 35.6 Å². The molecule has 6 aromatic rings. The lowest BCUT2D eigenvalue weighted by atomic mass is 10.0. The smallest absolute Gasteiger partial charge is 0.261 e. The minimum Gasteiger partial charge on any atom is -0.493 e. The number of aliphatic hydroxyl groups excluding tert-OH is 1. The molecule has 4 N–H and O–H groups in total. The van der Waals surface area contributed by atoms with Gasteiger partial charge in [-0.05, 0) is 86.6 Å². The van der Waals surface area contributed by atoms with Gasteiger partial charge in [-0.1, -0.05) is 25.1 Å². The fourth-order valence-electron chi connectivity index (χ4n) is 8.15. The van der Waals surface area contributed by atoms with Crippen molar-refractivity contribution in [2.75, 3.05) is 24.4 Å². The average Bonchev–Trinajstić information content (AvgIpc) is 3.62. The van der Waals surface area contributed by atoms with Gasteiger partial charge in [-0.3, -0.25) is 29.3 Å². The first-order valence-electron chi connectivity index (χ1n) is 20.9. The van der Waals surface area contributed by atoms with Crippen LogP contribution in [0.2, 0.25) is 0 Å². The number of hydrogen-bond donors (Lipinski definition) is 4. The van der Waals surface area contributed by atoms with Crippen molar-refractivity contribution >= 4 is 56.8 Å². The summed E-state index contributed by atoms with van der Waals surface area (Å²) in [5.41, 5.74) is 3.85. The van der Waals surface area contributed by atoms with Crippen molar-refractivity contribution in [3.63, 3.8) is 0 Å². The van der Waals surface area contributed by atoms with E-state index in [0.29, 0.717) is 69.5 Å². The number of aromatic nitrogens is 3. The molecule has 0 saturated carbocycles. The van der Waals surface area contributed by atoms with Crippen molar-refractivity contribution in [1.82, 2.24) is 24.8 Å². The Bertz CT molecular complexity index is 2920.